The molecule has 5 heteroatoms. The molecule has 0 aromatic carbocycles. The van der Waals surface area contributed by atoms with E-state index >= 15 is 0 Å². The topological polar surface area (TPSA) is 60.2 Å². The molecule has 1 aliphatic rings. The van der Waals surface area contributed by atoms with Crippen LogP contribution in [0.5, 0.6) is 5.88 Å². The van der Waals surface area contributed by atoms with Crippen molar-refractivity contribution in [2.75, 3.05) is 23.4 Å². The highest BCUT2D eigenvalue weighted by Crippen LogP contribution is 2.32. The maximum atomic E-state index is 5.84. The Morgan fingerprint density at radius 2 is 2.26 bits per heavy atom. The minimum absolute atomic E-state index is 0.510. The molecule has 0 amide bonds. The summed E-state index contributed by atoms with van der Waals surface area (Å²) in [5, 5.41) is 4.23. The van der Waals surface area contributed by atoms with Crippen molar-refractivity contribution < 1.29 is 4.74 Å². The lowest BCUT2D eigenvalue weighted by Crippen LogP contribution is -2.26. The van der Waals surface area contributed by atoms with Crippen molar-refractivity contribution in [2.24, 2.45) is 0 Å². The Labute approximate surface area is 119 Å². The molecule has 1 aliphatic carbocycles. The standard InChI is InChI=1S/C14H23N3OS/c1-3-18-14-10(15)8-9-13(17-14)16-11-6-5-7-12(11)19-4-2/h8-9,11-12H,3-7,15H2,1-2H3,(H,16,17). The second-order valence-electron chi connectivity index (χ2n) is 4.70. The van der Waals surface area contributed by atoms with Crippen LogP contribution in [0.15, 0.2) is 12.1 Å². The van der Waals surface area contributed by atoms with Gasteiger partial charge in [-0.2, -0.15) is 16.7 Å². The average Bonchev–Trinajstić information content (AvgIpc) is 2.82. The molecule has 0 bridgehead atoms. The molecule has 0 spiro atoms. The highest BCUT2D eigenvalue weighted by Gasteiger charge is 2.27. The van der Waals surface area contributed by atoms with Crippen LogP contribution >= 0.6 is 11.8 Å². The first-order valence-corrected chi connectivity index (χ1v) is 8.07. The molecule has 1 heterocycles. The van der Waals surface area contributed by atoms with Crippen molar-refractivity contribution in [3.05, 3.63) is 12.1 Å². The molecule has 2 rings (SSSR count). The van der Waals surface area contributed by atoms with Crippen LogP contribution in [-0.2, 0) is 0 Å². The van der Waals surface area contributed by atoms with E-state index in [1.807, 2.05) is 30.8 Å². The van der Waals surface area contributed by atoms with E-state index in [4.69, 9.17) is 10.5 Å². The fourth-order valence-corrected chi connectivity index (χ4v) is 3.68. The number of nitrogens with two attached hydrogens (primary N) is 1. The smallest absolute Gasteiger partial charge is 0.239 e. The summed E-state index contributed by atoms with van der Waals surface area (Å²) in [6, 6.07) is 4.30. The zero-order chi connectivity index (χ0) is 13.7. The molecule has 1 aromatic heterocycles. The molecule has 1 aromatic rings. The Bertz CT molecular complexity index is 414. The lowest BCUT2D eigenvalue weighted by Gasteiger charge is -2.21. The fourth-order valence-electron chi connectivity index (χ4n) is 2.48. The highest BCUT2D eigenvalue weighted by atomic mass is 32.2. The summed E-state index contributed by atoms with van der Waals surface area (Å²) in [5.41, 5.74) is 6.43. The summed E-state index contributed by atoms with van der Waals surface area (Å²) >= 11 is 2.04. The van der Waals surface area contributed by atoms with Crippen molar-refractivity contribution in [3.8, 4) is 5.88 Å². The average molecular weight is 281 g/mol. The summed E-state index contributed by atoms with van der Waals surface area (Å²) in [6.07, 6.45) is 3.81. The first-order valence-electron chi connectivity index (χ1n) is 7.02. The summed E-state index contributed by atoms with van der Waals surface area (Å²) in [4.78, 5) is 4.45. The Hall–Kier alpha value is -1.10. The van der Waals surface area contributed by atoms with Gasteiger partial charge in [-0.15, -0.1) is 0 Å². The molecule has 0 saturated heterocycles. The van der Waals surface area contributed by atoms with Gasteiger partial charge in [-0.25, -0.2) is 0 Å². The first kappa shape index (κ1) is 14.3. The minimum atomic E-state index is 0.510. The minimum Gasteiger partial charge on any atom is -0.476 e. The van der Waals surface area contributed by atoms with Crippen LogP contribution in [0.25, 0.3) is 0 Å². The molecule has 2 atom stereocenters. The third kappa shape index (κ3) is 3.69. The number of nitrogens with one attached hydrogen (secondary N) is 1. The maximum absolute atomic E-state index is 5.84. The van der Waals surface area contributed by atoms with Crippen molar-refractivity contribution >= 4 is 23.3 Å². The summed E-state index contributed by atoms with van der Waals surface area (Å²) < 4.78 is 5.43. The summed E-state index contributed by atoms with van der Waals surface area (Å²) in [6.45, 7) is 4.74. The number of ether oxygens (including phenoxy) is 1. The predicted molar refractivity (Wildman–Crippen MR) is 83.0 cm³/mol. The molecule has 2 unspecified atom stereocenters. The summed E-state index contributed by atoms with van der Waals surface area (Å²) in [7, 11) is 0. The van der Waals surface area contributed by atoms with Crippen molar-refractivity contribution in [1.29, 1.82) is 0 Å². The number of pyridine rings is 1. The van der Waals surface area contributed by atoms with Gasteiger partial charge in [-0.05, 0) is 37.7 Å². The Morgan fingerprint density at radius 3 is 3.00 bits per heavy atom. The molecule has 1 fully saturated rings. The SMILES string of the molecule is CCOc1nc(NC2CCCC2SCC)ccc1N. The van der Waals surface area contributed by atoms with E-state index in [9.17, 15) is 0 Å². The van der Waals surface area contributed by atoms with Crippen molar-refractivity contribution in [1.82, 2.24) is 4.98 Å². The van der Waals surface area contributed by atoms with E-state index in [2.05, 4.69) is 17.2 Å². The monoisotopic (exact) mass is 281 g/mol. The molecular weight excluding hydrogens is 258 g/mol. The van der Waals surface area contributed by atoms with Crippen LogP contribution in [0.3, 0.4) is 0 Å². The zero-order valence-electron chi connectivity index (χ0n) is 11.7. The van der Waals surface area contributed by atoms with E-state index in [0.717, 1.165) is 5.82 Å². The lowest BCUT2D eigenvalue weighted by atomic mass is 10.2. The number of aromatic nitrogens is 1. The number of thioether (sulfide) groups is 1. The Kier molecular flexibility index (Phi) is 5.19. The van der Waals surface area contributed by atoms with Gasteiger partial charge in [0.25, 0.3) is 0 Å². The largest absolute Gasteiger partial charge is 0.476 e. The molecule has 3 N–H and O–H groups in total. The van der Waals surface area contributed by atoms with E-state index in [1.165, 1.54) is 25.0 Å². The molecule has 0 radical (unpaired) electrons. The third-order valence-electron chi connectivity index (χ3n) is 3.34. The van der Waals surface area contributed by atoms with Gasteiger partial charge >= 0.3 is 0 Å². The quantitative estimate of drug-likeness (QED) is 0.839. The van der Waals surface area contributed by atoms with E-state index in [-0.39, 0.29) is 0 Å². The zero-order valence-corrected chi connectivity index (χ0v) is 12.5. The van der Waals surface area contributed by atoms with E-state index in [1.54, 1.807) is 0 Å². The van der Waals surface area contributed by atoms with Crippen LogP contribution in [0.2, 0.25) is 0 Å². The van der Waals surface area contributed by atoms with Crippen LogP contribution in [-0.4, -0.2) is 28.6 Å². The van der Waals surface area contributed by atoms with Crippen LogP contribution in [0.1, 0.15) is 33.1 Å². The number of anilines is 2. The van der Waals surface area contributed by atoms with Gasteiger partial charge in [0.05, 0.1) is 12.3 Å². The number of hydrogen-bond donors (Lipinski definition) is 2. The highest BCUT2D eigenvalue weighted by molar-refractivity contribution is 7.99. The van der Waals surface area contributed by atoms with Gasteiger partial charge in [-0.1, -0.05) is 13.3 Å². The normalized spacial score (nSPS) is 22.4. The molecular formula is C14H23N3OS. The number of nitrogens with zero attached hydrogens (tertiary/aromatic N) is 1. The van der Waals surface area contributed by atoms with Gasteiger partial charge in [0.2, 0.25) is 5.88 Å². The number of hydrogen-bond acceptors (Lipinski definition) is 5. The van der Waals surface area contributed by atoms with Gasteiger partial charge in [-0.3, -0.25) is 0 Å². The Balaban J connectivity index is 2.04. The third-order valence-corrected chi connectivity index (χ3v) is 4.66. The van der Waals surface area contributed by atoms with Crippen LogP contribution in [0.4, 0.5) is 11.5 Å². The maximum Gasteiger partial charge on any atom is 0.239 e. The van der Waals surface area contributed by atoms with Gasteiger partial charge in [0.1, 0.15) is 5.82 Å². The molecule has 1 saturated carbocycles. The molecule has 4 nitrogen and oxygen atoms in total. The van der Waals surface area contributed by atoms with Crippen LogP contribution in [0, 0.1) is 0 Å². The van der Waals surface area contributed by atoms with Crippen molar-refractivity contribution in [3.63, 3.8) is 0 Å². The molecule has 106 valence electrons. The number of nitrogen functional groups attached to an aromatic ring is 1. The molecule has 0 aliphatic heterocycles. The van der Waals surface area contributed by atoms with E-state index < -0.39 is 0 Å². The Morgan fingerprint density at radius 1 is 1.42 bits per heavy atom. The van der Waals surface area contributed by atoms with Crippen molar-refractivity contribution in [2.45, 2.75) is 44.4 Å². The fraction of sp³-hybridized carbons (Fsp3) is 0.643. The summed E-state index contributed by atoms with van der Waals surface area (Å²) in [5.74, 6) is 2.57. The number of rotatable bonds is 6. The first-order chi connectivity index (χ1) is 9.24. The second kappa shape index (κ2) is 6.89. The second-order valence-corrected chi connectivity index (χ2v) is 6.22. The lowest BCUT2D eigenvalue weighted by molar-refractivity contribution is 0.329. The van der Waals surface area contributed by atoms with Gasteiger partial charge in [0.15, 0.2) is 0 Å². The van der Waals surface area contributed by atoms with E-state index in [0.29, 0.717) is 29.5 Å². The van der Waals surface area contributed by atoms with Crippen LogP contribution < -0.4 is 15.8 Å². The van der Waals surface area contributed by atoms with Gasteiger partial charge < -0.3 is 15.8 Å². The predicted octanol–water partition coefficient (Wildman–Crippen LogP) is 3.15. The van der Waals surface area contributed by atoms with Gasteiger partial charge in [0, 0.05) is 11.3 Å². The molecule has 19 heavy (non-hydrogen) atoms.